The van der Waals surface area contributed by atoms with Gasteiger partial charge in [0.1, 0.15) is 6.10 Å². The zero-order valence-corrected chi connectivity index (χ0v) is 18.6. The monoisotopic (exact) mass is 448 g/mol. The molecule has 3 aromatic carbocycles. The predicted molar refractivity (Wildman–Crippen MR) is 124 cm³/mol. The number of rotatable bonds is 4. The van der Waals surface area contributed by atoms with Crippen molar-refractivity contribution in [1.82, 2.24) is 0 Å². The minimum Gasteiger partial charge on any atom is -0.454 e. The third kappa shape index (κ3) is 2.03. The van der Waals surface area contributed by atoms with Crippen LogP contribution in [0.15, 0.2) is 84.9 Å². The van der Waals surface area contributed by atoms with Gasteiger partial charge in [-0.05, 0) is 65.5 Å². The molecule has 0 N–H and O–H groups in total. The first-order valence-corrected chi connectivity index (χ1v) is 12.3. The van der Waals surface area contributed by atoms with Gasteiger partial charge in [-0.3, -0.25) is 0 Å². The molecule has 5 fully saturated rings. The summed E-state index contributed by atoms with van der Waals surface area (Å²) >= 11 is 0. The SMILES string of the molecule is O=C(OC1C2C3c4ccccc4CC3C3C24CC4C13OC(=O)c1ccccc1)c1ccccc1. The van der Waals surface area contributed by atoms with Crippen LogP contribution in [-0.2, 0) is 15.9 Å². The first kappa shape index (κ1) is 19.0. The number of ether oxygens (including phenoxy) is 2. The highest BCUT2D eigenvalue weighted by atomic mass is 16.6. The summed E-state index contributed by atoms with van der Waals surface area (Å²) in [7, 11) is 0. The molecular formula is C30H24O4. The quantitative estimate of drug-likeness (QED) is 0.525. The second-order valence-corrected chi connectivity index (χ2v) is 10.8. The summed E-state index contributed by atoms with van der Waals surface area (Å²) in [5.74, 6) is 0.983. The molecule has 0 saturated heterocycles. The van der Waals surface area contributed by atoms with Gasteiger partial charge in [0.15, 0.2) is 5.60 Å². The molecule has 3 aromatic rings. The van der Waals surface area contributed by atoms with Crippen LogP contribution in [0.1, 0.15) is 44.2 Å². The van der Waals surface area contributed by atoms with Crippen LogP contribution in [0.5, 0.6) is 0 Å². The zero-order chi connectivity index (χ0) is 22.7. The van der Waals surface area contributed by atoms with E-state index in [9.17, 15) is 9.59 Å². The van der Waals surface area contributed by atoms with Gasteiger partial charge in [0.05, 0.1) is 11.1 Å². The van der Waals surface area contributed by atoms with Gasteiger partial charge >= 0.3 is 11.9 Å². The van der Waals surface area contributed by atoms with Crippen LogP contribution in [0.3, 0.4) is 0 Å². The van der Waals surface area contributed by atoms with E-state index in [0.29, 0.717) is 28.9 Å². The van der Waals surface area contributed by atoms with Crippen LogP contribution in [0.2, 0.25) is 0 Å². The first-order valence-electron chi connectivity index (χ1n) is 12.3. The maximum Gasteiger partial charge on any atom is 0.338 e. The molecule has 168 valence electrons. The van der Waals surface area contributed by atoms with Crippen molar-refractivity contribution in [2.24, 2.45) is 29.1 Å². The van der Waals surface area contributed by atoms with Gasteiger partial charge in [-0.1, -0.05) is 60.7 Å². The van der Waals surface area contributed by atoms with Gasteiger partial charge in [-0.15, -0.1) is 0 Å². The summed E-state index contributed by atoms with van der Waals surface area (Å²) in [6, 6.07) is 27.1. The summed E-state index contributed by atoms with van der Waals surface area (Å²) in [6.07, 6.45) is 1.71. The number of carbonyl (C=O) groups excluding carboxylic acids is 2. The van der Waals surface area contributed by atoms with Gasteiger partial charge in [-0.25, -0.2) is 9.59 Å². The average Bonchev–Trinajstić information content (AvgIpc) is 3.07. The highest BCUT2D eigenvalue weighted by Gasteiger charge is 3.00. The maximum atomic E-state index is 13.3. The van der Waals surface area contributed by atoms with Gasteiger partial charge < -0.3 is 9.47 Å². The van der Waals surface area contributed by atoms with Crippen LogP contribution in [0.25, 0.3) is 0 Å². The number of hydrogen-bond donors (Lipinski definition) is 0. The summed E-state index contributed by atoms with van der Waals surface area (Å²) in [5.41, 5.74) is 3.38. The standard InChI is InChI=1S/C30H24O4/c31-27(17-9-3-1-4-10-17)33-26-24-23-20-14-8-7-13-19(20)15-21(23)25-29(24)16-22(29)30(25,26)34-28(32)18-11-5-2-6-12-18/h1-14,21-26H,15-16H2. The molecule has 1 spiro atoms. The van der Waals surface area contributed by atoms with Crippen LogP contribution in [0.4, 0.5) is 0 Å². The molecule has 6 aliphatic carbocycles. The lowest BCUT2D eigenvalue weighted by Crippen LogP contribution is -2.61. The molecule has 4 nitrogen and oxygen atoms in total. The smallest absolute Gasteiger partial charge is 0.338 e. The molecule has 0 amide bonds. The van der Waals surface area contributed by atoms with Gasteiger partial charge in [0, 0.05) is 17.8 Å². The van der Waals surface area contributed by atoms with E-state index in [-0.39, 0.29) is 29.2 Å². The van der Waals surface area contributed by atoms with Gasteiger partial charge in [0.25, 0.3) is 0 Å². The third-order valence-electron chi connectivity index (χ3n) is 9.72. The van der Waals surface area contributed by atoms with Crippen molar-refractivity contribution in [3.05, 3.63) is 107 Å². The Hall–Kier alpha value is -3.40. The molecule has 8 unspecified atom stereocenters. The topological polar surface area (TPSA) is 52.6 Å². The highest BCUT2D eigenvalue weighted by molar-refractivity contribution is 5.91. The molecule has 5 saturated carbocycles. The average molecular weight is 449 g/mol. The number of esters is 2. The fraction of sp³-hybridized carbons (Fsp3) is 0.333. The fourth-order valence-corrected chi connectivity index (χ4v) is 8.88. The molecule has 34 heavy (non-hydrogen) atoms. The van der Waals surface area contributed by atoms with E-state index in [1.807, 2.05) is 36.4 Å². The molecule has 0 aromatic heterocycles. The Bertz CT molecular complexity index is 1350. The minimum absolute atomic E-state index is 0.168. The van der Waals surface area contributed by atoms with Crippen molar-refractivity contribution < 1.29 is 19.1 Å². The Morgan fingerprint density at radius 3 is 2.18 bits per heavy atom. The van der Waals surface area contributed by atoms with E-state index in [0.717, 1.165) is 12.8 Å². The van der Waals surface area contributed by atoms with Crippen molar-refractivity contribution in [2.75, 3.05) is 0 Å². The number of hydrogen-bond acceptors (Lipinski definition) is 4. The molecule has 6 aliphatic rings. The Balaban J connectivity index is 1.21. The highest BCUT2D eigenvalue weighted by Crippen LogP contribution is 2.95. The maximum absolute atomic E-state index is 13.3. The third-order valence-corrected chi connectivity index (χ3v) is 9.72. The molecule has 8 atom stereocenters. The lowest BCUT2D eigenvalue weighted by atomic mass is 9.62. The van der Waals surface area contributed by atoms with Crippen molar-refractivity contribution in [1.29, 1.82) is 0 Å². The van der Waals surface area contributed by atoms with Crippen LogP contribution >= 0.6 is 0 Å². The first-order chi connectivity index (χ1) is 16.7. The summed E-state index contributed by atoms with van der Waals surface area (Å²) in [4.78, 5) is 26.6. The molecule has 0 heterocycles. The Morgan fingerprint density at radius 2 is 1.44 bits per heavy atom. The minimum atomic E-state index is -0.703. The Kier molecular flexibility index (Phi) is 3.45. The summed E-state index contributed by atoms with van der Waals surface area (Å²) < 4.78 is 12.8. The van der Waals surface area contributed by atoms with Crippen molar-refractivity contribution >= 4 is 11.9 Å². The summed E-state index contributed by atoms with van der Waals surface area (Å²) in [5, 5.41) is 0. The number of benzene rings is 3. The Morgan fingerprint density at radius 1 is 0.794 bits per heavy atom. The van der Waals surface area contributed by atoms with Crippen molar-refractivity contribution in [2.45, 2.75) is 30.5 Å². The normalized spacial score (nSPS) is 38.8. The van der Waals surface area contributed by atoms with E-state index in [1.165, 1.54) is 11.1 Å². The van der Waals surface area contributed by atoms with Crippen molar-refractivity contribution in [3.63, 3.8) is 0 Å². The number of carbonyl (C=O) groups is 2. The molecule has 0 radical (unpaired) electrons. The summed E-state index contributed by atoms with van der Waals surface area (Å²) in [6.45, 7) is 0. The fourth-order valence-electron chi connectivity index (χ4n) is 8.88. The second-order valence-electron chi connectivity index (χ2n) is 10.8. The largest absolute Gasteiger partial charge is 0.454 e. The van der Waals surface area contributed by atoms with Crippen LogP contribution in [-0.4, -0.2) is 23.6 Å². The molecule has 4 bridgehead atoms. The van der Waals surface area contributed by atoms with Gasteiger partial charge in [-0.2, -0.15) is 0 Å². The molecule has 4 heteroatoms. The lowest BCUT2D eigenvalue weighted by Gasteiger charge is -2.50. The van der Waals surface area contributed by atoms with Gasteiger partial charge in [0.2, 0.25) is 0 Å². The van der Waals surface area contributed by atoms with E-state index < -0.39 is 11.7 Å². The van der Waals surface area contributed by atoms with Crippen LogP contribution < -0.4 is 0 Å². The molecule has 9 rings (SSSR count). The van der Waals surface area contributed by atoms with Crippen molar-refractivity contribution in [3.8, 4) is 0 Å². The molecule has 0 aliphatic heterocycles. The van der Waals surface area contributed by atoms with Crippen LogP contribution in [0, 0.1) is 29.1 Å². The predicted octanol–water partition coefficient (Wildman–Crippen LogP) is 5.04. The Labute approximate surface area is 197 Å². The van der Waals surface area contributed by atoms with E-state index >= 15 is 0 Å². The van der Waals surface area contributed by atoms with E-state index in [1.54, 1.807) is 24.3 Å². The molecular weight excluding hydrogens is 424 g/mol. The number of fused-ring (bicyclic) bond motifs is 3. The van der Waals surface area contributed by atoms with E-state index in [4.69, 9.17) is 9.47 Å². The lowest BCUT2D eigenvalue weighted by molar-refractivity contribution is -0.171. The zero-order valence-electron chi connectivity index (χ0n) is 18.6. The second kappa shape index (κ2) is 6.18. The van der Waals surface area contributed by atoms with E-state index in [2.05, 4.69) is 24.3 Å².